The van der Waals surface area contributed by atoms with Crippen molar-refractivity contribution in [2.75, 3.05) is 0 Å². The highest BCUT2D eigenvalue weighted by Crippen LogP contribution is 2.30. The predicted molar refractivity (Wildman–Crippen MR) is 144 cm³/mol. The summed E-state index contributed by atoms with van der Waals surface area (Å²) >= 11 is 0. The Morgan fingerprint density at radius 3 is 1.74 bits per heavy atom. The van der Waals surface area contributed by atoms with Crippen molar-refractivity contribution in [3.63, 3.8) is 0 Å². The Hall–Kier alpha value is -4.63. The standard InChI is InChI=1S/C32H23N3/c1-22-34-30(26-16-12-24(13-17-26)23-7-3-2-4-8-23)21-31(35-22)27-18-14-25(15-19-27)29-11-5-9-28-10-6-20-33-32(28)29/h2-21H,1H3. The van der Waals surface area contributed by atoms with E-state index < -0.39 is 0 Å². The van der Waals surface area contributed by atoms with Gasteiger partial charge in [0.1, 0.15) is 5.82 Å². The lowest BCUT2D eigenvalue weighted by Gasteiger charge is -2.10. The van der Waals surface area contributed by atoms with Crippen molar-refractivity contribution in [3.05, 3.63) is 127 Å². The Bertz CT molecular complexity index is 1620. The lowest BCUT2D eigenvalue weighted by atomic mass is 9.99. The minimum atomic E-state index is 0.756. The van der Waals surface area contributed by atoms with E-state index in [-0.39, 0.29) is 0 Å². The van der Waals surface area contributed by atoms with E-state index in [0.29, 0.717) is 0 Å². The number of aryl methyl sites for hydroxylation is 1. The molecule has 35 heavy (non-hydrogen) atoms. The number of hydrogen-bond donors (Lipinski definition) is 0. The van der Waals surface area contributed by atoms with Crippen LogP contribution >= 0.6 is 0 Å². The van der Waals surface area contributed by atoms with Crippen LogP contribution in [0.5, 0.6) is 0 Å². The molecular weight excluding hydrogens is 426 g/mol. The van der Waals surface area contributed by atoms with Crippen molar-refractivity contribution in [2.45, 2.75) is 6.92 Å². The molecule has 0 aliphatic rings. The van der Waals surface area contributed by atoms with E-state index in [1.165, 1.54) is 11.1 Å². The van der Waals surface area contributed by atoms with Gasteiger partial charge in [-0.05, 0) is 35.7 Å². The number of pyridine rings is 1. The fraction of sp³-hybridized carbons (Fsp3) is 0.0312. The summed E-state index contributed by atoms with van der Waals surface area (Å²) in [7, 11) is 0. The lowest BCUT2D eigenvalue weighted by Crippen LogP contribution is -1.95. The van der Waals surface area contributed by atoms with E-state index in [2.05, 4.69) is 108 Å². The minimum Gasteiger partial charge on any atom is -0.256 e. The third-order valence-corrected chi connectivity index (χ3v) is 6.25. The van der Waals surface area contributed by atoms with E-state index in [1.807, 2.05) is 25.3 Å². The molecule has 0 saturated carbocycles. The van der Waals surface area contributed by atoms with Gasteiger partial charge in [-0.25, -0.2) is 9.97 Å². The Labute approximate surface area is 204 Å². The van der Waals surface area contributed by atoms with Crippen molar-refractivity contribution < 1.29 is 0 Å². The second kappa shape index (κ2) is 8.96. The average Bonchev–Trinajstić information content (AvgIpc) is 2.93. The average molecular weight is 450 g/mol. The molecule has 2 heterocycles. The summed E-state index contributed by atoms with van der Waals surface area (Å²) in [5.41, 5.74) is 9.68. The van der Waals surface area contributed by atoms with Gasteiger partial charge in [-0.1, -0.05) is 103 Å². The van der Waals surface area contributed by atoms with Crippen LogP contribution in [0.15, 0.2) is 121 Å². The Kier molecular flexibility index (Phi) is 5.36. The maximum atomic E-state index is 4.72. The first-order valence-corrected chi connectivity index (χ1v) is 11.7. The molecule has 0 saturated heterocycles. The zero-order valence-electron chi connectivity index (χ0n) is 19.4. The summed E-state index contributed by atoms with van der Waals surface area (Å²) in [6.45, 7) is 1.95. The first kappa shape index (κ1) is 20.9. The highest BCUT2D eigenvalue weighted by atomic mass is 14.9. The first-order chi connectivity index (χ1) is 17.2. The quantitative estimate of drug-likeness (QED) is 0.274. The second-order valence-electron chi connectivity index (χ2n) is 8.59. The molecule has 4 aromatic carbocycles. The number of para-hydroxylation sites is 1. The van der Waals surface area contributed by atoms with Crippen LogP contribution in [0.25, 0.3) is 55.7 Å². The van der Waals surface area contributed by atoms with Crippen LogP contribution in [0.3, 0.4) is 0 Å². The number of nitrogens with zero attached hydrogens (tertiary/aromatic N) is 3. The molecule has 0 fully saturated rings. The van der Waals surface area contributed by atoms with Gasteiger partial charge < -0.3 is 0 Å². The van der Waals surface area contributed by atoms with Crippen LogP contribution in [0, 0.1) is 6.92 Å². The normalized spacial score (nSPS) is 11.0. The third kappa shape index (κ3) is 4.20. The maximum absolute atomic E-state index is 4.72. The van der Waals surface area contributed by atoms with Crippen LogP contribution in [0.1, 0.15) is 5.82 Å². The summed E-state index contributed by atoms with van der Waals surface area (Å²) in [6, 6.07) is 39.9. The van der Waals surface area contributed by atoms with E-state index in [9.17, 15) is 0 Å². The maximum Gasteiger partial charge on any atom is 0.126 e. The van der Waals surface area contributed by atoms with Gasteiger partial charge >= 0.3 is 0 Å². The molecule has 166 valence electrons. The smallest absolute Gasteiger partial charge is 0.126 e. The first-order valence-electron chi connectivity index (χ1n) is 11.7. The van der Waals surface area contributed by atoms with Crippen molar-refractivity contribution in [1.82, 2.24) is 15.0 Å². The summed E-state index contributed by atoms with van der Waals surface area (Å²) in [5.74, 6) is 0.756. The van der Waals surface area contributed by atoms with E-state index in [0.717, 1.165) is 50.4 Å². The highest BCUT2D eigenvalue weighted by Gasteiger charge is 2.09. The van der Waals surface area contributed by atoms with Gasteiger partial charge in [0.2, 0.25) is 0 Å². The van der Waals surface area contributed by atoms with Crippen LogP contribution < -0.4 is 0 Å². The summed E-state index contributed by atoms with van der Waals surface area (Å²) in [6.07, 6.45) is 1.85. The zero-order valence-corrected chi connectivity index (χ0v) is 19.4. The zero-order chi connectivity index (χ0) is 23.6. The van der Waals surface area contributed by atoms with Crippen LogP contribution in [0.4, 0.5) is 0 Å². The molecule has 6 rings (SSSR count). The van der Waals surface area contributed by atoms with E-state index in [1.54, 1.807) is 0 Å². The van der Waals surface area contributed by atoms with Crippen LogP contribution in [0.2, 0.25) is 0 Å². The summed E-state index contributed by atoms with van der Waals surface area (Å²) < 4.78 is 0. The van der Waals surface area contributed by atoms with Gasteiger partial charge in [0.15, 0.2) is 0 Å². The number of benzene rings is 4. The van der Waals surface area contributed by atoms with Gasteiger partial charge in [-0.15, -0.1) is 0 Å². The van der Waals surface area contributed by atoms with Gasteiger partial charge in [0, 0.05) is 28.3 Å². The minimum absolute atomic E-state index is 0.756. The Morgan fingerprint density at radius 1 is 0.486 bits per heavy atom. The molecule has 6 aromatic rings. The molecule has 0 amide bonds. The monoisotopic (exact) mass is 449 g/mol. The molecular formula is C32H23N3. The van der Waals surface area contributed by atoms with Crippen molar-refractivity contribution >= 4 is 10.9 Å². The van der Waals surface area contributed by atoms with Crippen molar-refractivity contribution in [3.8, 4) is 44.8 Å². The molecule has 0 radical (unpaired) electrons. The van der Waals surface area contributed by atoms with Crippen molar-refractivity contribution in [1.29, 1.82) is 0 Å². The van der Waals surface area contributed by atoms with E-state index in [4.69, 9.17) is 9.97 Å². The van der Waals surface area contributed by atoms with Gasteiger partial charge in [-0.3, -0.25) is 4.98 Å². The Morgan fingerprint density at radius 2 is 1.06 bits per heavy atom. The molecule has 0 aliphatic heterocycles. The topological polar surface area (TPSA) is 38.7 Å². The predicted octanol–water partition coefficient (Wildman–Crippen LogP) is 8.00. The van der Waals surface area contributed by atoms with Gasteiger partial charge in [-0.2, -0.15) is 0 Å². The van der Waals surface area contributed by atoms with Crippen LogP contribution in [-0.2, 0) is 0 Å². The number of aromatic nitrogens is 3. The molecule has 0 bridgehead atoms. The molecule has 0 atom stereocenters. The Balaban J connectivity index is 1.33. The molecule has 0 unspecified atom stereocenters. The number of hydrogen-bond acceptors (Lipinski definition) is 3. The summed E-state index contributed by atoms with van der Waals surface area (Å²) in [4.78, 5) is 14.0. The largest absolute Gasteiger partial charge is 0.256 e. The molecule has 2 aromatic heterocycles. The van der Waals surface area contributed by atoms with E-state index >= 15 is 0 Å². The molecule has 0 N–H and O–H groups in total. The molecule has 3 heteroatoms. The fourth-order valence-corrected chi connectivity index (χ4v) is 4.49. The number of rotatable bonds is 4. The third-order valence-electron chi connectivity index (χ3n) is 6.25. The molecule has 3 nitrogen and oxygen atoms in total. The SMILES string of the molecule is Cc1nc(-c2ccc(-c3ccccc3)cc2)cc(-c2ccc(-c3cccc4cccnc34)cc2)n1. The lowest BCUT2D eigenvalue weighted by molar-refractivity contribution is 1.06. The second-order valence-corrected chi connectivity index (χ2v) is 8.59. The molecule has 0 aliphatic carbocycles. The van der Waals surface area contributed by atoms with Gasteiger partial charge in [0.05, 0.1) is 16.9 Å². The fourth-order valence-electron chi connectivity index (χ4n) is 4.49. The van der Waals surface area contributed by atoms with Crippen LogP contribution in [-0.4, -0.2) is 15.0 Å². The van der Waals surface area contributed by atoms with Gasteiger partial charge in [0.25, 0.3) is 0 Å². The highest BCUT2D eigenvalue weighted by molar-refractivity contribution is 5.93. The summed E-state index contributed by atoms with van der Waals surface area (Å²) in [5, 5.41) is 1.14. The van der Waals surface area contributed by atoms with Crippen molar-refractivity contribution in [2.24, 2.45) is 0 Å². The number of fused-ring (bicyclic) bond motifs is 1. The molecule has 0 spiro atoms.